The van der Waals surface area contributed by atoms with Gasteiger partial charge in [-0.1, -0.05) is 18.2 Å². The quantitative estimate of drug-likeness (QED) is 0.897. The first-order valence-corrected chi connectivity index (χ1v) is 8.29. The summed E-state index contributed by atoms with van der Waals surface area (Å²) in [6.45, 7) is 8.10. The Kier molecular flexibility index (Phi) is 5.88. The average molecular weight is 320 g/mol. The fraction of sp³-hybridized carbons (Fsp3) is 0.611. The SMILES string of the molecule is CC(C)(C)Oc1ccccc1CNC(=O)N1CCC(CO)CC1. The van der Waals surface area contributed by atoms with Gasteiger partial charge in [-0.3, -0.25) is 0 Å². The van der Waals surface area contributed by atoms with Crippen molar-refractivity contribution in [3.8, 4) is 5.75 Å². The van der Waals surface area contributed by atoms with Gasteiger partial charge in [0, 0.05) is 31.8 Å². The van der Waals surface area contributed by atoms with Crippen LogP contribution in [0.1, 0.15) is 39.2 Å². The maximum atomic E-state index is 12.3. The molecule has 1 aliphatic heterocycles. The molecule has 23 heavy (non-hydrogen) atoms. The van der Waals surface area contributed by atoms with Crippen LogP contribution in [0.15, 0.2) is 24.3 Å². The molecule has 0 aliphatic carbocycles. The van der Waals surface area contributed by atoms with Gasteiger partial charge in [-0.2, -0.15) is 0 Å². The molecule has 0 radical (unpaired) electrons. The predicted molar refractivity (Wildman–Crippen MR) is 90.4 cm³/mol. The number of ether oxygens (including phenoxy) is 1. The van der Waals surface area contributed by atoms with Crippen LogP contribution >= 0.6 is 0 Å². The highest BCUT2D eigenvalue weighted by Crippen LogP contribution is 2.23. The monoisotopic (exact) mass is 320 g/mol. The van der Waals surface area contributed by atoms with Gasteiger partial charge >= 0.3 is 6.03 Å². The number of piperidine rings is 1. The van der Waals surface area contributed by atoms with Crippen molar-refractivity contribution in [1.82, 2.24) is 10.2 Å². The van der Waals surface area contributed by atoms with Crippen molar-refractivity contribution >= 4 is 6.03 Å². The Morgan fingerprint density at radius 1 is 1.30 bits per heavy atom. The summed E-state index contributed by atoms with van der Waals surface area (Å²) in [5.74, 6) is 1.14. The summed E-state index contributed by atoms with van der Waals surface area (Å²) in [7, 11) is 0. The van der Waals surface area contributed by atoms with Crippen LogP contribution in [0, 0.1) is 5.92 Å². The van der Waals surface area contributed by atoms with Crippen LogP contribution in [0.5, 0.6) is 5.75 Å². The number of aliphatic hydroxyl groups is 1. The number of nitrogens with one attached hydrogen (secondary N) is 1. The van der Waals surface area contributed by atoms with E-state index in [1.807, 2.05) is 49.9 Å². The molecule has 5 heteroatoms. The van der Waals surface area contributed by atoms with Gasteiger partial charge in [0.15, 0.2) is 0 Å². The van der Waals surface area contributed by atoms with Gasteiger partial charge in [0.25, 0.3) is 0 Å². The van der Waals surface area contributed by atoms with Crippen LogP contribution in [0.4, 0.5) is 4.79 Å². The number of nitrogens with zero attached hydrogens (tertiary/aromatic N) is 1. The first-order valence-electron chi connectivity index (χ1n) is 8.29. The lowest BCUT2D eigenvalue weighted by Gasteiger charge is -2.31. The molecule has 1 fully saturated rings. The number of carbonyl (C=O) groups excluding carboxylic acids is 1. The maximum Gasteiger partial charge on any atom is 0.317 e. The van der Waals surface area contributed by atoms with Crippen LogP contribution in [-0.2, 0) is 6.54 Å². The van der Waals surface area contributed by atoms with Gasteiger partial charge in [0.1, 0.15) is 11.4 Å². The molecule has 0 saturated carbocycles. The van der Waals surface area contributed by atoms with Crippen molar-refractivity contribution in [3.63, 3.8) is 0 Å². The minimum Gasteiger partial charge on any atom is -0.488 e. The highest BCUT2D eigenvalue weighted by atomic mass is 16.5. The molecule has 0 bridgehead atoms. The Balaban J connectivity index is 1.90. The molecular weight excluding hydrogens is 292 g/mol. The summed E-state index contributed by atoms with van der Waals surface area (Å²) < 4.78 is 5.95. The topological polar surface area (TPSA) is 61.8 Å². The lowest BCUT2D eigenvalue weighted by molar-refractivity contribution is 0.128. The second-order valence-electron chi connectivity index (χ2n) is 7.09. The summed E-state index contributed by atoms with van der Waals surface area (Å²) in [4.78, 5) is 14.1. The zero-order valence-electron chi connectivity index (χ0n) is 14.3. The largest absolute Gasteiger partial charge is 0.488 e. The molecule has 1 saturated heterocycles. The van der Waals surface area contributed by atoms with Crippen LogP contribution in [0.2, 0.25) is 0 Å². The first kappa shape index (κ1) is 17.6. The first-order chi connectivity index (χ1) is 10.9. The number of hydrogen-bond donors (Lipinski definition) is 2. The molecule has 128 valence electrons. The van der Waals surface area contributed by atoms with Gasteiger partial charge in [-0.05, 0) is 45.6 Å². The highest BCUT2D eigenvalue weighted by molar-refractivity contribution is 5.74. The van der Waals surface area contributed by atoms with Crippen molar-refractivity contribution < 1.29 is 14.6 Å². The lowest BCUT2D eigenvalue weighted by Crippen LogP contribution is -2.44. The summed E-state index contributed by atoms with van der Waals surface area (Å²) in [5.41, 5.74) is 0.702. The molecule has 2 rings (SSSR count). The van der Waals surface area contributed by atoms with E-state index in [-0.39, 0.29) is 18.2 Å². The second-order valence-corrected chi connectivity index (χ2v) is 7.09. The number of rotatable bonds is 4. The molecule has 1 heterocycles. The van der Waals surface area contributed by atoms with Crippen molar-refractivity contribution in [2.24, 2.45) is 5.92 Å². The van der Waals surface area contributed by atoms with E-state index in [1.54, 1.807) is 0 Å². The van der Waals surface area contributed by atoms with Gasteiger partial charge < -0.3 is 20.1 Å². The minimum absolute atomic E-state index is 0.0491. The van der Waals surface area contributed by atoms with E-state index in [0.29, 0.717) is 25.6 Å². The fourth-order valence-electron chi connectivity index (χ4n) is 2.68. The number of carbonyl (C=O) groups is 1. The summed E-state index contributed by atoms with van der Waals surface area (Å²) in [6.07, 6.45) is 1.74. The van der Waals surface area contributed by atoms with E-state index in [1.165, 1.54) is 0 Å². The molecule has 0 spiro atoms. The van der Waals surface area contributed by atoms with E-state index in [2.05, 4.69) is 5.32 Å². The summed E-state index contributed by atoms with van der Waals surface area (Å²) in [5, 5.41) is 12.1. The molecule has 1 aromatic carbocycles. The fourth-order valence-corrected chi connectivity index (χ4v) is 2.68. The normalized spacial score (nSPS) is 16.3. The number of benzene rings is 1. The molecule has 2 N–H and O–H groups in total. The molecule has 1 aromatic rings. The Bertz CT molecular complexity index is 517. The predicted octanol–water partition coefficient (Wildman–Crippen LogP) is 2.78. The minimum atomic E-state index is -0.272. The Hall–Kier alpha value is -1.75. The number of aliphatic hydroxyl groups excluding tert-OH is 1. The van der Waals surface area contributed by atoms with E-state index in [0.717, 1.165) is 24.2 Å². The number of urea groups is 1. The van der Waals surface area contributed by atoms with Gasteiger partial charge in [0.2, 0.25) is 0 Å². The van der Waals surface area contributed by atoms with E-state index in [4.69, 9.17) is 9.84 Å². The Morgan fingerprint density at radius 2 is 1.96 bits per heavy atom. The molecule has 0 unspecified atom stereocenters. The van der Waals surface area contributed by atoms with Gasteiger partial charge in [-0.25, -0.2) is 4.79 Å². The van der Waals surface area contributed by atoms with Crippen LogP contribution in [0.3, 0.4) is 0 Å². The van der Waals surface area contributed by atoms with Crippen LogP contribution < -0.4 is 10.1 Å². The van der Waals surface area contributed by atoms with Crippen LogP contribution in [0.25, 0.3) is 0 Å². The van der Waals surface area contributed by atoms with Crippen molar-refractivity contribution in [1.29, 1.82) is 0 Å². The van der Waals surface area contributed by atoms with Crippen molar-refractivity contribution in [3.05, 3.63) is 29.8 Å². The summed E-state index contributed by atoms with van der Waals surface area (Å²) in [6, 6.07) is 7.74. The standard InChI is InChI=1S/C18H28N2O3/c1-18(2,3)23-16-7-5-4-6-15(16)12-19-17(22)20-10-8-14(13-21)9-11-20/h4-7,14,21H,8-13H2,1-3H3,(H,19,22). The maximum absolute atomic E-state index is 12.3. The Labute approximate surface area is 138 Å². The second kappa shape index (κ2) is 7.68. The van der Waals surface area contributed by atoms with E-state index >= 15 is 0 Å². The number of hydrogen-bond acceptors (Lipinski definition) is 3. The molecule has 5 nitrogen and oxygen atoms in total. The number of amides is 2. The molecule has 0 aromatic heterocycles. The average Bonchev–Trinajstić information content (AvgIpc) is 2.52. The molecular formula is C18H28N2O3. The third-order valence-corrected chi connectivity index (χ3v) is 3.98. The van der Waals surface area contributed by atoms with Gasteiger partial charge in [0.05, 0.1) is 0 Å². The third kappa shape index (κ3) is 5.43. The van der Waals surface area contributed by atoms with Crippen molar-refractivity contribution in [2.45, 2.75) is 45.8 Å². The number of likely N-dealkylation sites (tertiary alicyclic amines) is 1. The zero-order chi connectivity index (χ0) is 16.9. The highest BCUT2D eigenvalue weighted by Gasteiger charge is 2.22. The van der Waals surface area contributed by atoms with Crippen LogP contribution in [-0.4, -0.2) is 41.3 Å². The molecule has 2 amide bonds. The molecule has 1 aliphatic rings. The van der Waals surface area contributed by atoms with E-state index in [9.17, 15) is 4.79 Å². The third-order valence-electron chi connectivity index (χ3n) is 3.98. The Morgan fingerprint density at radius 3 is 2.57 bits per heavy atom. The zero-order valence-corrected chi connectivity index (χ0v) is 14.3. The summed E-state index contributed by atoms with van der Waals surface area (Å²) >= 11 is 0. The van der Waals surface area contributed by atoms with E-state index < -0.39 is 0 Å². The number of para-hydroxylation sites is 1. The molecule has 0 atom stereocenters. The smallest absolute Gasteiger partial charge is 0.317 e. The lowest BCUT2D eigenvalue weighted by atomic mass is 9.98. The van der Waals surface area contributed by atoms with Crippen molar-refractivity contribution in [2.75, 3.05) is 19.7 Å². The van der Waals surface area contributed by atoms with Gasteiger partial charge in [-0.15, -0.1) is 0 Å².